The summed E-state index contributed by atoms with van der Waals surface area (Å²) in [5.41, 5.74) is 1.79. The summed E-state index contributed by atoms with van der Waals surface area (Å²) in [5, 5.41) is 0.510. The van der Waals surface area contributed by atoms with E-state index < -0.39 is 5.97 Å². The summed E-state index contributed by atoms with van der Waals surface area (Å²) >= 11 is 6.12. The highest BCUT2D eigenvalue weighted by Gasteiger charge is 2.17. The van der Waals surface area contributed by atoms with Gasteiger partial charge in [0.05, 0.1) is 19.8 Å². The van der Waals surface area contributed by atoms with Crippen LogP contribution >= 0.6 is 11.6 Å². The van der Waals surface area contributed by atoms with Crippen molar-refractivity contribution in [2.24, 2.45) is 0 Å². The van der Waals surface area contributed by atoms with E-state index in [0.717, 1.165) is 17.7 Å². The number of allylic oxidation sites excluding steroid dienone is 1. The number of hydrogen-bond acceptors (Lipinski definition) is 4. The Balaban J connectivity index is 3.26. The average molecular weight is 283 g/mol. The smallest absolute Gasteiger partial charge is 0.330 e. The largest absolute Gasteiger partial charge is 0.496 e. The Morgan fingerprint density at radius 2 is 1.84 bits per heavy atom. The third-order valence-electron chi connectivity index (χ3n) is 2.68. The van der Waals surface area contributed by atoms with Gasteiger partial charge in [-0.25, -0.2) is 4.79 Å². The van der Waals surface area contributed by atoms with Gasteiger partial charge < -0.3 is 9.47 Å². The minimum absolute atomic E-state index is 0.346. The number of ketones is 1. The lowest BCUT2D eigenvalue weighted by atomic mass is 10.00. The second-order valence-corrected chi connectivity index (χ2v) is 4.31. The molecule has 1 aromatic rings. The van der Waals surface area contributed by atoms with Gasteiger partial charge >= 0.3 is 5.97 Å². The quantitative estimate of drug-likeness (QED) is 0.484. The Kier molecular flexibility index (Phi) is 5.12. The highest BCUT2D eigenvalue weighted by molar-refractivity contribution is 6.33. The summed E-state index contributed by atoms with van der Waals surface area (Å²) in [4.78, 5) is 23.1. The van der Waals surface area contributed by atoms with Crippen molar-refractivity contribution in [2.75, 3.05) is 14.2 Å². The first-order chi connectivity index (χ1) is 8.92. The second-order valence-electron chi connectivity index (χ2n) is 3.93. The molecule has 4 nitrogen and oxygen atoms in total. The SMILES string of the molecule is COC(=O)/C=C/C(=O)c1c(OC)cc(C)c(Cl)c1C. The van der Waals surface area contributed by atoms with Crippen molar-refractivity contribution < 1.29 is 19.1 Å². The van der Waals surface area contributed by atoms with Crippen molar-refractivity contribution in [3.63, 3.8) is 0 Å². The molecular formula is C14H15ClO4. The molecule has 1 rings (SSSR count). The fourth-order valence-electron chi connectivity index (χ4n) is 1.68. The van der Waals surface area contributed by atoms with Crippen molar-refractivity contribution >= 4 is 23.4 Å². The van der Waals surface area contributed by atoms with Crippen LogP contribution in [0.3, 0.4) is 0 Å². The average Bonchev–Trinajstić information content (AvgIpc) is 2.41. The molecular weight excluding hydrogens is 268 g/mol. The van der Waals surface area contributed by atoms with Gasteiger partial charge in [-0.1, -0.05) is 11.6 Å². The molecule has 0 radical (unpaired) electrons. The first-order valence-corrected chi connectivity index (χ1v) is 5.94. The molecule has 102 valence electrons. The van der Waals surface area contributed by atoms with Gasteiger partial charge in [-0.05, 0) is 37.1 Å². The van der Waals surface area contributed by atoms with Crippen molar-refractivity contribution in [1.82, 2.24) is 0 Å². The summed E-state index contributed by atoms with van der Waals surface area (Å²) in [6.45, 7) is 3.56. The fourth-order valence-corrected chi connectivity index (χ4v) is 1.83. The molecule has 1 aromatic carbocycles. The molecule has 0 bridgehead atoms. The second kappa shape index (κ2) is 6.38. The fraction of sp³-hybridized carbons (Fsp3) is 0.286. The topological polar surface area (TPSA) is 52.6 Å². The zero-order valence-corrected chi connectivity index (χ0v) is 12.0. The molecule has 0 fully saturated rings. The maximum atomic E-state index is 12.1. The molecule has 5 heteroatoms. The lowest BCUT2D eigenvalue weighted by Gasteiger charge is -2.12. The van der Waals surface area contributed by atoms with Crippen LogP contribution in [-0.4, -0.2) is 26.0 Å². The first-order valence-electron chi connectivity index (χ1n) is 5.56. The van der Waals surface area contributed by atoms with E-state index in [1.54, 1.807) is 13.0 Å². The molecule has 0 spiro atoms. The lowest BCUT2D eigenvalue weighted by molar-refractivity contribution is -0.134. The summed E-state index contributed by atoms with van der Waals surface area (Å²) < 4.78 is 9.62. The van der Waals surface area contributed by atoms with E-state index in [9.17, 15) is 9.59 Å². The van der Waals surface area contributed by atoms with Gasteiger partial charge in [0.15, 0.2) is 5.78 Å². The molecule has 0 N–H and O–H groups in total. The summed E-state index contributed by atoms with van der Waals surface area (Å²) in [6, 6.07) is 1.69. The van der Waals surface area contributed by atoms with Gasteiger partial charge in [-0.3, -0.25) is 4.79 Å². The number of rotatable bonds is 4. The van der Waals surface area contributed by atoms with Crippen molar-refractivity contribution in [1.29, 1.82) is 0 Å². The van der Waals surface area contributed by atoms with Crippen LogP contribution in [0.4, 0.5) is 0 Å². The van der Waals surface area contributed by atoms with Crippen LogP contribution in [0.2, 0.25) is 5.02 Å². The van der Waals surface area contributed by atoms with Gasteiger partial charge in [0.25, 0.3) is 0 Å². The summed E-state index contributed by atoms with van der Waals surface area (Å²) in [7, 11) is 2.72. The van der Waals surface area contributed by atoms with Crippen LogP contribution in [0.25, 0.3) is 0 Å². The molecule has 0 aliphatic heterocycles. The van der Waals surface area contributed by atoms with Crippen molar-refractivity contribution in [2.45, 2.75) is 13.8 Å². The minimum Gasteiger partial charge on any atom is -0.496 e. The lowest BCUT2D eigenvalue weighted by Crippen LogP contribution is -2.05. The molecule has 0 unspecified atom stereocenters. The third kappa shape index (κ3) is 3.35. The van der Waals surface area contributed by atoms with Crippen LogP contribution in [0.5, 0.6) is 5.75 Å². The number of benzene rings is 1. The number of esters is 1. The van der Waals surface area contributed by atoms with Crippen LogP contribution in [0, 0.1) is 13.8 Å². The first kappa shape index (κ1) is 15.2. The maximum Gasteiger partial charge on any atom is 0.330 e. The highest BCUT2D eigenvalue weighted by Crippen LogP contribution is 2.32. The number of ether oxygens (including phenoxy) is 2. The predicted molar refractivity (Wildman–Crippen MR) is 73.0 cm³/mol. The number of carbonyl (C=O) groups is 2. The van der Waals surface area contributed by atoms with E-state index >= 15 is 0 Å². The van der Waals surface area contributed by atoms with Gasteiger partial charge in [-0.2, -0.15) is 0 Å². The van der Waals surface area contributed by atoms with E-state index in [-0.39, 0.29) is 5.78 Å². The van der Waals surface area contributed by atoms with Crippen LogP contribution < -0.4 is 4.74 Å². The van der Waals surface area contributed by atoms with Crippen LogP contribution in [-0.2, 0) is 9.53 Å². The molecule has 0 heterocycles. The van der Waals surface area contributed by atoms with E-state index in [0.29, 0.717) is 21.9 Å². The Labute approximate surface area is 117 Å². The number of methoxy groups -OCH3 is 2. The Morgan fingerprint density at radius 3 is 2.37 bits per heavy atom. The Bertz CT molecular complexity index is 547. The van der Waals surface area contributed by atoms with E-state index in [4.69, 9.17) is 16.3 Å². The van der Waals surface area contributed by atoms with Crippen LogP contribution in [0.15, 0.2) is 18.2 Å². The highest BCUT2D eigenvalue weighted by atomic mass is 35.5. The van der Waals surface area contributed by atoms with Gasteiger partial charge in [0.2, 0.25) is 0 Å². The maximum absolute atomic E-state index is 12.1. The molecule has 0 saturated heterocycles. The standard InChI is InChI=1S/C14H15ClO4/c1-8-7-11(18-3)13(9(2)14(8)15)10(16)5-6-12(17)19-4/h5-7H,1-4H3/b6-5+. The molecule has 19 heavy (non-hydrogen) atoms. The van der Waals surface area contributed by atoms with Crippen LogP contribution in [0.1, 0.15) is 21.5 Å². The molecule has 0 atom stereocenters. The summed E-state index contributed by atoms with van der Waals surface area (Å²) in [5.74, 6) is -0.524. The predicted octanol–water partition coefficient (Wildman–Crippen LogP) is 2.88. The van der Waals surface area contributed by atoms with Crippen molar-refractivity contribution in [3.05, 3.63) is 39.9 Å². The van der Waals surface area contributed by atoms with Crippen molar-refractivity contribution in [3.8, 4) is 5.75 Å². The number of halogens is 1. The monoisotopic (exact) mass is 282 g/mol. The molecule has 0 aliphatic carbocycles. The molecule has 0 amide bonds. The molecule has 0 aromatic heterocycles. The third-order valence-corrected chi connectivity index (χ3v) is 3.26. The number of carbonyl (C=O) groups excluding carboxylic acids is 2. The molecule has 0 saturated carbocycles. The van der Waals surface area contributed by atoms with Gasteiger partial charge in [0, 0.05) is 11.1 Å². The summed E-state index contributed by atoms with van der Waals surface area (Å²) in [6.07, 6.45) is 2.21. The van der Waals surface area contributed by atoms with E-state index in [2.05, 4.69) is 4.74 Å². The zero-order chi connectivity index (χ0) is 14.6. The Morgan fingerprint density at radius 1 is 1.21 bits per heavy atom. The number of hydrogen-bond donors (Lipinski definition) is 0. The molecule has 0 aliphatic rings. The normalized spacial score (nSPS) is 10.6. The van der Waals surface area contributed by atoms with Gasteiger partial charge in [0.1, 0.15) is 5.75 Å². The van der Waals surface area contributed by atoms with E-state index in [1.165, 1.54) is 14.2 Å². The van der Waals surface area contributed by atoms with Gasteiger partial charge in [-0.15, -0.1) is 0 Å². The number of aryl methyl sites for hydroxylation is 1. The minimum atomic E-state index is -0.594. The zero-order valence-electron chi connectivity index (χ0n) is 11.2. The van der Waals surface area contributed by atoms with E-state index in [1.807, 2.05) is 6.92 Å². The Hall–Kier alpha value is -1.81.